The molecule has 0 fully saturated rings. The molecule has 0 atom stereocenters. The van der Waals surface area contributed by atoms with Crippen LogP contribution in [0.2, 0.25) is 5.02 Å². The zero-order valence-corrected chi connectivity index (χ0v) is 12.3. The van der Waals surface area contributed by atoms with E-state index in [4.69, 9.17) is 16.3 Å². The standard InChI is InChI=1S/C12H16ClNO4S/c1-18-11-6-5-9(8-10(11)13)14-12(15)4-3-7-19(2,16)17/h5-6,8H,3-4,7H2,1-2H3,(H,14,15). The van der Waals surface area contributed by atoms with Gasteiger partial charge in [0, 0.05) is 18.4 Å². The van der Waals surface area contributed by atoms with Gasteiger partial charge in [0.2, 0.25) is 5.91 Å². The molecular weight excluding hydrogens is 290 g/mol. The molecule has 0 heterocycles. The molecule has 5 nitrogen and oxygen atoms in total. The highest BCUT2D eigenvalue weighted by Crippen LogP contribution is 2.27. The van der Waals surface area contributed by atoms with E-state index in [-0.39, 0.29) is 18.1 Å². The van der Waals surface area contributed by atoms with Crippen LogP contribution in [0.15, 0.2) is 18.2 Å². The predicted octanol–water partition coefficient (Wildman–Crippen LogP) is 2.11. The van der Waals surface area contributed by atoms with Crippen LogP contribution in [0.3, 0.4) is 0 Å². The normalized spacial score (nSPS) is 11.1. The summed E-state index contributed by atoms with van der Waals surface area (Å²) in [6.45, 7) is 0. The minimum Gasteiger partial charge on any atom is -0.495 e. The van der Waals surface area contributed by atoms with Crippen molar-refractivity contribution in [1.29, 1.82) is 0 Å². The lowest BCUT2D eigenvalue weighted by molar-refractivity contribution is -0.116. The molecule has 0 saturated carbocycles. The number of ether oxygens (including phenoxy) is 1. The van der Waals surface area contributed by atoms with E-state index in [1.807, 2.05) is 0 Å². The minimum atomic E-state index is -3.03. The van der Waals surface area contributed by atoms with Crippen molar-refractivity contribution in [2.45, 2.75) is 12.8 Å². The molecule has 1 aromatic rings. The molecule has 106 valence electrons. The van der Waals surface area contributed by atoms with E-state index >= 15 is 0 Å². The molecule has 1 rings (SSSR count). The van der Waals surface area contributed by atoms with Gasteiger partial charge in [-0.1, -0.05) is 11.6 Å². The molecule has 0 radical (unpaired) electrons. The first-order valence-electron chi connectivity index (χ1n) is 5.63. The van der Waals surface area contributed by atoms with Gasteiger partial charge in [0.15, 0.2) is 0 Å². The average molecular weight is 306 g/mol. The topological polar surface area (TPSA) is 72.5 Å². The van der Waals surface area contributed by atoms with Gasteiger partial charge in [-0.05, 0) is 24.6 Å². The Morgan fingerprint density at radius 2 is 2.11 bits per heavy atom. The first kappa shape index (κ1) is 15.8. The van der Waals surface area contributed by atoms with Gasteiger partial charge in [0.25, 0.3) is 0 Å². The largest absolute Gasteiger partial charge is 0.495 e. The number of anilines is 1. The Hall–Kier alpha value is -1.27. The molecule has 0 bridgehead atoms. The Bertz CT molecular complexity index is 557. The first-order valence-corrected chi connectivity index (χ1v) is 8.07. The maximum absolute atomic E-state index is 11.6. The third-order valence-corrected chi connectivity index (χ3v) is 3.68. The lowest BCUT2D eigenvalue weighted by atomic mass is 10.2. The summed E-state index contributed by atoms with van der Waals surface area (Å²) in [5.41, 5.74) is 0.551. The summed E-state index contributed by atoms with van der Waals surface area (Å²) >= 11 is 5.92. The zero-order valence-electron chi connectivity index (χ0n) is 10.8. The van der Waals surface area contributed by atoms with Gasteiger partial charge in [-0.15, -0.1) is 0 Å². The number of rotatable bonds is 6. The number of carbonyl (C=O) groups excluding carboxylic acids is 1. The van der Waals surface area contributed by atoms with E-state index in [2.05, 4.69) is 5.32 Å². The van der Waals surface area contributed by atoms with Crippen molar-refractivity contribution in [3.05, 3.63) is 23.2 Å². The fraction of sp³-hybridized carbons (Fsp3) is 0.417. The summed E-state index contributed by atoms with van der Waals surface area (Å²) < 4.78 is 26.8. The first-order chi connectivity index (χ1) is 8.81. The van der Waals surface area contributed by atoms with Crippen molar-refractivity contribution in [3.63, 3.8) is 0 Å². The van der Waals surface area contributed by atoms with Gasteiger partial charge in [-0.25, -0.2) is 8.42 Å². The molecule has 1 amide bonds. The molecule has 0 aromatic heterocycles. The lowest BCUT2D eigenvalue weighted by Gasteiger charge is -2.07. The quantitative estimate of drug-likeness (QED) is 0.873. The van der Waals surface area contributed by atoms with Crippen molar-refractivity contribution in [3.8, 4) is 5.75 Å². The number of methoxy groups -OCH3 is 1. The second kappa shape index (κ2) is 6.77. The van der Waals surface area contributed by atoms with E-state index in [9.17, 15) is 13.2 Å². The second-order valence-corrected chi connectivity index (χ2v) is 6.80. The van der Waals surface area contributed by atoms with Crippen LogP contribution in [-0.4, -0.2) is 33.4 Å². The minimum absolute atomic E-state index is 0.00376. The monoisotopic (exact) mass is 305 g/mol. The van der Waals surface area contributed by atoms with Gasteiger partial charge < -0.3 is 10.1 Å². The molecular formula is C12H16ClNO4S. The molecule has 1 aromatic carbocycles. The van der Waals surface area contributed by atoms with Gasteiger partial charge in [0.1, 0.15) is 15.6 Å². The van der Waals surface area contributed by atoms with Crippen molar-refractivity contribution in [1.82, 2.24) is 0 Å². The van der Waals surface area contributed by atoms with E-state index in [0.29, 0.717) is 22.9 Å². The van der Waals surface area contributed by atoms with E-state index in [1.165, 1.54) is 7.11 Å². The van der Waals surface area contributed by atoms with Crippen molar-refractivity contribution >= 4 is 33.0 Å². The Kier molecular flexibility index (Phi) is 5.62. The molecule has 0 aliphatic carbocycles. The number of amides is 1. The number of carbonyl (C=O) groups is 1. The molecule has 0 saturated heterocycles. The summed E-state index contributed by atoms with van der Waals surface area (Å²) in [5, 5.41) is 3.05. The highest BCUT2D eigenvalue weighted by Gasteiger charge is 2.08. The number of halogens is 1. The molecule has 7 heteroatoms. The second-order valence-electron chi connectivity index (χ2n) is 4.13. The van der Waals surface area contributed by atoms with Crippen LogP contribution in [-0.2, 0) is 14.6 Å². The average Bonchev–Trinajstić information content (AvgIpc) is 2.27. The van der Waals surface area contributed by atoms with E-state index in [0.717, 1.165) is 6.26 Å². The number of hydrogen-bond acceptors (Lipinski definition) is 4. The number of hydrogen-bond donors (Lipinski definition) is 1. The molecule has 0 aliphatic heterocycles. The number of nitrogens with one attached hydrogen (secondary N) is 1. The third-order valence-electron chi connectivity index (χ3n) is 2.35. The van der Waals surface area contributed by atoms with Crippen LogP contribution >= 0.6 is 11.6 Å². The Balaban J connectivity index is 2.51. The van der Waals surface area contributed by atoms with Crippen LogP contribution in [0.25, 0.3) is 0 Å². The molecule has 1 N–H and O–H groups in total. The summed E-state index contributed by atoms with van der Waals surface area (Å²) in [6, 6.07) is 4.89. The summed E-state index contributed by atoms with van der Waals surface area (Å²) in [6.07, 6.45) is 1.60. The highest BCUT2D eigenvalue weighted by molar-refractivity contribution is 7.90. The van der Waals surface area contributed by atoms with Crippen LogP contribution in [0.1, 0.15) is 12.8 Å². The predicted molar refractivity (Wildman–Crippen MR) is 75.6 cm³/mol. The van der Waals surface area contributed by atoms with Gasteiger partial charge in [-0.2, -0.15) is 0 Å². The molecule has 19 heavy (non-hydrogen) atoms. The number of sulfone groups is 1. The van der Waals surface area contributed by atoms with Crippen LogP contribution in [0, 0.1) is 0 Å². The van der Waals surface area contributed by atoms with Crippen LogP contribution < -0.4 is 10.1 Å². The fourth-order valence-corrected chi connectivity index (χ4v) is 2.39. The van der Waals surface area contributed by atoms with Gasteiger partial charge >= 0.3 is 0 Å². The zero-order chi connectivity index (χ0) is 14.5. The van der Waals surface area contributed by atoms with Crippen molar-refractivity contribution in [2.75, 3.05) is 24.4 Å². The Morgan fingerprint density at radius 1 is 1.42 bits per heavy atom. The fourth-order valence-electron chi connectivity index (χ4n) is 1.46. The molecule has 0 aliphatic rings. The highest BCUT2D eigenvalue weighted by atomic mass is 35.5. The van der Waals surface area contributed by atoms with E-state index in [1.54, 1.807) is 18.2 Å². The summed E-state index contributed by atoms with van der Waals surface area (Å²) in [4.78, 5) is 11.6. The van der Waals surface area contributed by atoms with Crippen molar-refractivity contribution < 1.29 is 17.9 Å². The van der Waals surface area contributed by atoms with Gasteiger partial charge in [0.05, 0.1) is 17.9 Å². The van der Waals surface area contributed by atoms with Crippen LogP contribution in [0.5, 0.6) is 5.75 Å². The summed E-state index contributed by atoms with van der Waals surface area (Å²) in [7, 11) is -1.52. The Morgan fingerprint density at radius 3 is 2.63 bits per heavy atom. The summed E-state index contributed by atoms with van der Waals surface area (Å²) in [5.74, 6) is 0.283. The van der Waals surface area contributed by atoms with Crippen LogP contribution in [0.4, 0.5) is 5.69 Å². The maximum atomic E-state index is 11.6. The third kappa shape index (κ3) is 5.94. The lowest BCUT2D eigenvalue weighted by Crippen LogP contribution is -2.13. The number of benzene rings is 1. The SMILES string of the molecule is COc1ccc(NC(=O)CCCS(C)(=O)=O)cc1Cl. The van der Waals surface area contributed by atoms with Crippen molar-refractivity contribution in [2.24, 2.45) is 0 Å². The maximum Gasteiger partial charge on any atom is 0.224 e. The van der Waals surface area contributed by atoms with E-state index < -0.39 is 9.84 Å². The Labute approximate surface area is 117 Å². The molecule has 0 unspecified atom stereocenters. The van der Waals surface area contributed by atoms with Gasteiger partial charge in [-0.3, -0.25) is 4.79 Å². The molecule has 0 spiro atoms. The smallest absolute Gasteiger partial charge is 0.224 e.